The van der Waals surface area contributed by atoms with Crippen molar-refractivity contribution in [1.82, 2.24) is 0 Å². The van der Waals surface area contributed by atoms with Crippen LogP contribution in [0.2, 0.25) is 0 Å². The molecular formula is C10H19BrO. The number of rotatable bonds is 3. The van der Waals surface area contributed by atoms with Crippen molar-refractivity contribution in [2.24, 2.45) is 11.8 Å². The molecule has 0 aromatic heterocycles. The summed E-state index contributed by atoms with van der Waals surface area (Å²) in [6, 6.07) is 0. The maximum Gasteiger partial charge on any atom is 0.0431 e. The van der Waals surface area contributed by atoms with E-state index in [-0.39, 0.29) is 0 Å². The van der Waals surface area contributed by atoms with Crippen molar-refractivity contribution in [2.75, 3.05) is 6.61 Å². The van der Waals surface area contributed by atoms with E-state index in [1.807, 2.05) is 0 Å². The molecule has 0 aromatic rings. The minimum atomic E-state index is 0.357. The summed E-state index contributed by atoms with van der Waals surface area (Å²) in [5.74, 6) is 1.71. The average molecular weight is 235 g/mol. The molecule has 3 atom stereocenters. The molecule has 72 valence electrons. The molecule has 0 spiro atoms. The largest absolute Gasteiger partial charge is 0.396 e. The molecule has 1 nitrogen and oxygen atoms in total. The van der Waals surface area contributed by atoms with Crippen molar-refractivity contribution in [3.05, 3.63) is 0 Å². The van der Waals surface area contributed by atoms with Crippen LogP contribution in [0.5, 0.6) is 0 Å². The van der Waals surface area contributed by atoms with Gasteiger partial charge in [0.25, 0.3) is 0 Å². The van der Waals surface area contributed by atoms with Gasteiger partial charge in [-0.3, -0.25) is 0 Å². The van der Waals surface area contributed by atoms with E-state index < -0.39 is 0 Å². The fraction of sp³-hybridized carbons (Fsp3) is 1.00. The molecule has 1 fully saturated rings. The number of aliphatic hydroxyl groups excluding tert-OH is 1. The Bertz CT molecular complexity index is 127. The smallest absolute Gasteiger partial charge is 0.0431 e. The zero-order valence-corrected chi connectivity index (χ0v) is 9.39. The van der Waals surface area contributed by atoms with Gasteiger partial charge >= 0.3 is 0 Å². The van der Waals surface area contributed by atoms with Gasteiger partial charge in [-0.25, -0.2) is 0 Å². The Hall–Kier alpha value is 0.440. The third-order valence-corrected chi connectivity index (χ3v) is 3.86. The Balaban J connectivity index is 2.28. The minimum absolute atomic E-state index is 0.357. The van der Waals surface area contributed by atoms with Gasteiger partial charge in [-0.2, -0.15) is 0 Å². The summed E-state index contributed by atoms with van der Waals surface area (Å²) in [7, 11) is 0. The van der Waals surface area contributed by atoms with Crippen LogP contribution in [0.3, 0.4) is 0 Å². The number of aliphatic hydroxyl groups is 1. The first-order chi connectivity index (χ1) is 5.74. The number of hydrogen-bond donors (Lipinski definition) is 1. The van der Waals surface area contributed by atoms with Gasteiger partial charge in [0.05, 0.1) is 0 Å². The van der Waals surface area contributed by atoms with Crippen LogP contribution in [0.4, 0.5) is 0 Å². The molecule has 1 aliphatic carbocycles. The highest BCUT2D eigenvalue weighted by molar-refractivity contribution is 9.09. The molecule has 1 rings (SSSR count). The quantitative estimate of drug-likeness (QED) is 0.745. The lowest BCUT2D eigenvalue weighted by Crippen LogP contribution is -2.23. The molecule has 0 heterocycles. The van der Waals surface area contributed by atoms with E-state index in [0.717, 1.165) is 23.1 Å². The third kappa shape index (κ3) is 3.06. The summed E-state index contributed by atoms with van der Waals surface area (Å²) in [6.45, 7) is 2.71. The van der Waals surface area contributed by atoms with Gasteiger partial charge in [0.1, 0.15) is 0 Å². The Morgan fingerprint density at radius 1 is 1.42 bits per heavy atom. The maximum atomic E-state index is 8.74. The highest BCUT2D eigenvalue weighted by Crippen LogP contribution is 2.35. The van der Waals surface area contributed by atoms with Gasteiger partial charge in [-0.15, -0.1) is 0 Å². The van der Waals surface area contributed by atoms with Crippen LogP contribution in [-0.4, -0.2) is 16.5 Å². The van der Waals surface area contributed by atoms with Gasteiger partial charge in [-0.05, 0) is 43.9 Å². The van der Waals surface area contributed by atoms with E-state index in [1.165, 1.54) is 25.7 Å². The van der Waals surface area contributed by atoms with E-state index >= 15 is 0 Å². The Morgan fingerprint density at radius 3 is 2.83 bits per heavy atom. The molecule has 1 saturated carbocycles. The predicted molar refractivity (Wildman–Crippen MR) is 55.5 cm³/mol. The van der Waals surface area contributed by atoms with E-state index in [0.29, 0.717) is 6.61 Å². The molecule has 1 N–H and O–H groups in total. The first kappa shape index (κ1) is 10.5. The second-order valence-electron chi connectivity index (χ2n) is 4.01. The molecule has 12 heavy (non-hydrogen) atoms. The van der Waals surface area contributed by atoms with E-state index in [4.69, 9.17) is 5.11 Å². The van der Waals surface area contributed by atoms with Crippen LogP contribution in [0, 0.1) is 11.8 Å². The first-order valence-corrected chi connectivity index (χ1v) is 5.90. The van der Waals surface area contributed by atoms with Gasteiger partial charge in [0.15, 0.2) is 0 Å². The second kappa shape index (κ2) is 5.23. The van der Waals surface area contributed by atoms with E-state index in [9.17, 15) is 0 Å². The molecule has 0 saturated heterocycles. The monoisotopic (exact) mass is 234 g/mol. The summed E-state index contributed by atoms with van der Waals surface area (Å²) < 4.78 is 0. The van der Waals surface area contributed by atoms with Crippen LogP contribution < -0.4 is 0 Å². The molecule has 0 aliphatic heterocycles. The number of halogens is 1. The van der Waals surface area contributed by atoms with E-state index in [2.05, 4.69) is 22.9 Å². The molecule has 2 heteroatoms. The average Bonchev–Trinajstić information content (AvgIpc) is 2.07. The predicted octanol–water partition coefficient (Wildman–Crippen LogP) is 2.96. The normalized spacial score (nSPS) is 36.8. The van der Waals surface area contributed by atoms with Gasteiger partial charge in [-0.1, -0.05) is 22.9 Å². The molecule has 3 unspecified atom stereocenters. The van der Waals surface area contributed by atoms with Crippen LogP contribution in [-0.2, 0) is 0 Å². The lowest BCUT2D eigenvalue weighted by atomic mass is 9.78. The fourth-order valence-electron chi connectivity index (χ4n) is 2.11. The lowest BCUT2D eigenvalue weighted by Gasteiger charge is -2.31. The minimum Gasteiger partial charge on any atom is -0.396 e. The molecule has 1 aliphatic rings. The summed E-state index contributed by atoms with van der Waals surface area (Å²) in [5.41, 5.74) is 0. The summed E-state index contributed by atoms with van der Waals surface area (Å²) in [5, 5.41) is 8.74. The molecule has 0 radical (unpaired) electrons. The van der Waals surface area contributed by atoms with Crippen LogP contribution >= 0.6 is 15.9 Å². The number of alkyl halides is 1. The van der Waals surface area contributed by atoms with E-state index in [1.54, 1.807) is 0 Å². The Labute approximate surface area is 83.7 Å². The molecular weight excluding hydrogens is 216 g/mol. The third-order valence-electron chi connectivity index (χ3n) is 3.03. The van der Waals surface area contributed by atoms with Crippen LogP contribution in [0.15, 0.2) is 0 Å². The summed E-state index contributed by atoms with van der Waals surface area (Å²) in [6.07, 6.45) is 6.18. The maximum absolute atomic E-state index is 8.74. The standard InChI is InChI=1S/C10H19BrO/c1-8-4-5-10(11)7-9(8)3-2-6-12/h8-10,12H,2-7H2,1H3. The van der Waals surface area contributed by atoms with Crippen molar-refractivity contribution < 1.29 is 5.11 Å². The van der Waals surface area contributed by atoms with Crippen molar-refractivity contribution in [2.45, 2.75) is 43.9 Å². The molecule has 0 amide bonds. The zero-order valence-electron chi connectivity index (χ0n) is 7.80. The number of hydrogen-bond acceptors (Lipinski definition) is 1. The van der Waals surface area contributed by atoms with Crippen LogP contribution in [0.1, 0.15) is 39.0 Å². The zero-order chi connectivity index (χ0) is 8.97. The van der Waals surface area contributed by atoms with Gasteiger partial charge < -0.3 is 5.11 Å². The Kier molecular flexibility index (Phi) is 4.59. The summed E-state index contributed by atoms with van der Waals surface area (Å²) >= 11 is 3.69. The van der Waals surface area contributed by atoms with Crippen molar-refractivity contribution in [3.63, 3.8) is 0 Å². The van der Waals surface area contributed by atoms with Crippen LogP contribution in [0.25, 0.3) is 0 Å². The topological polar surface area (TPSA) is 20.2 Å². The second-order valence-corrected chi connectivity index (χ2v) is 5.31. The summed E-state index contributed by atoms with van der Waals surface area (Å²) in [4.78, 5) is 0.734. The fourth-order valence-corrected chi connectivity index (χ4v) is 2.86. The van der Waals surface area contributed by atoms with Crippen molar-refractivity contribution >= 4 is 15.9 Å². The highest BCUT2D eigenvalue weighted by atomic mass is 79.9. The molecule has 0 bridgehead atoms. The van der Waals surface area contributed by atoms with Crippen molar-refractivity contribution in [3.8, 4) is 0 Å². The first-order valence-electron chi connectivity index (χ1n) is 4.99. The Morgan fingerprint density at radius 2 is 2.17 bits per heavy atom. The SMILES string of the molecule is CC1CCC(Br)CC1CCCO. The van der Waals surface area contributed by atoms with Gasteiger partial charge in [0, 0.05) is 11.4 Å². The van der Waals surface area contributed by atoms with Crippen molar-refractivity contribution in [1.29, 1.82) is 0 Å². The highest BCUT2D eigenvalue weighted by Gasteiger charge is 2.25. The van der Waals surface area contributed by atoms with Gasteiger partial charge in [0.2, 0.25) is 0 Å². The molecule has 0 aromatic carbocycles. The lowest BCUT2D eigenvalue weighted by molar-refractivity contribution is 0.215.